The fraction of sp³-hybridized carbons (Fsp3) is 0.640. The molecular weight excluding hydrogens is 455 g/mol. The van der Waals surface area contributed by atoms with Crippen LogP contribution < -0.4 is 4.90 Å². The van der Waals surface area contributed by atoms with Crippen molar-refractivity contribution in [2.75, 3.05) is 44.8 Å². The van der Waals surface area contributed by atoms with Gasteiger partial charge in [0.05, 0.1) is 25.7 Å². The molecule has 0 bridgehead atoms. The maximum Gasteiger partial charge on any atom is 0.324 e. The lowest BCUT2D eigenvalue weighted by Gasteiger charge is -2.35. The molecule has 0 unspecified atom stereocenters. The number of halogens is 1. The first-order chi connectivity index (χ1) is 17.0. The highest BCUT2D eigenvalue weighted by Crippen LogP contribution is 2.48. The van der Waals surface area contributed by atoms with Gasteiger partial charge in [0.25, 0.3) is 0 Å². The standard InChI is InChI=1S/C25H33FN4O5/c1-33-15-23-27-25(35-28-23)29-6-4-17(5-7-29)21-9-19(21)14-34-13-16-2-3-18(22(26)8-16)10-24(32)30-11-20(31)12-30/h2-3,8,17,19-21,31H,4-7,9-15H2,1H3/t19-,21+/m0/s1. The molecular formula is C25H33FN4O5. The highest BCUT2D eigenvalue weighted by atomic mass is 19.1. The van der Waals surface area contributed by atoms with Gasteiger partial charge in [0, 0.05) is 33.3 Å². The first-order valence-corrected chi connectivity index (χ1v) is 12.4. The van der Waals surface area contributed by atoms with Crippen LogP contribution in [-0.2, 0) is 33.9 Å². The van der Waals surface area contributed by atoms with E-state index in [1.165, 1.54) is 12.5 Å². The van der Waals surface area contributed by atoms with Gasteiger partial charge in [-0.15, -0.1) is 0 Å². The maximum atomic E-state index is 14.5. The number of hydrogen-bond donors (Lipinski definition) is 1. The second-order valence-electron chi connectivity index (χ2n) is 9.98. The van der Waals surface area contributed by atoms with Crippen LogP contribution in [0.3, 0.4) is 0 Å². The van der Waals surface area contributed by atoms with E-state index in [0.717, 1.165) is 31.5 Å². The topological polar surface area (TPSA) is 101 Å². The summed E-state index contributed by atoms with van der Waals surface area (Å²) in [6, 6.07) is 5.53. The Bertz CT molecular complexity index is 1020. The third-order valence-corrected chi connectivity index (χ3v) is 7.40. The van der Waals surface area contributed by atoms with Crippen LogP contribution in [0, 0.1) is 23.6 Å². The molecule has 3 heterocycles. The summed E-state index contributed by atoms with van der Waals surface area (Å²) >= 11 is 0. The van der Waals surface area contributed by atoms with Crippen LogP contribution in [0.1, 0.15) is 36.2 Å². The van der Waals surface area contributed by atoms with E-state index >= 15 is 0 Å². The Hall–Kier alpha value is -2.56. The number of carbonyl (C=O) groups excluding carboxylic acids is 1. The molecule has 9 nitrogen and oxygen atoms in total. The Morgan fingerprint density at radius 1 is 1.26 bits per heavy atom. The van der Waals surface area contributed by atoms with Gasteiger partial charge >= 0.3 is 6.01 Å². The van der Waals surface area contributed by atoms with E-state index < -0.39 is 6.10 Å². The van der Waals surface area contributed by atoms with Gasteiger partial charge in [-0.25, -0.2) is 4.39 Å². The molecule has 2 saturated heterocycles. The lowest BCUT2D eigenvalue weighted by Crippen LogP contribution is -2.54. The zero-order chi connectivity index (χ0) is 24.4. The summed E-state index contributed by atoms with van der Waals surface area (Å²) in [6.07, 6.45) is 2.96. The smallest absolute Gasteiger partial charge is 0.324 e. The minimum Gasteiger partial charge on any atom is -0.389 e. The molecule has 10 heteroatoms. The maximum absolute atomic E-state index is 14.5. The molecule has 190 valence electrons. The number of amides is 1. The normalized spacial score (nSPS) is 22.9. The molecule has 0 radical (unpaired) electrons. The van der Waals surface area contributed by atoms with Gasteiger partial charge in [-0.1, -0.05) is 17.3 Å². The quantitative estimate of drug-likeness (QED) is 0.543. The second kappa shape index (κ2) is 10.6. The predicted octanol–water partition coefficient (Wildman–Crippen LogP) is 2.17. The molecule has 0 spiro atoms. The molecule has 3 fully saturated rings. The third kappa shape index (κ3) is 5.82. The summed E-state index contributed by atoms with van der Waals surface area (Å²) < 4.78 is 30.8. The lowest BCUT2D eigenvalue weighted by atomic mass is 9.91. The Morgan fingerprint density at radius 3 is 2.77 bits per heavy atom. The molecule has 1 aromatic heterocycles. The van der Waals surface area contributed by atoms with Crippen molar-refractivity contribution in [1.82, 2.24) is 15.0 Å². The summed E-state index contributed by atoms with van der Waals surface area (Å²) in [5.41, 5.74) is 1.15. The Balaban J connectivity index is 1.01. The van der Waals surface area contributed by atoms with Crippen molar-refractivity contribution in [2.24, 2.45) is 17.8 Å². The Morgan fingerprint density at radius 2 is 2.06 bits per heavy atom. The number of nitrogens with zero attached hydrogens (tertiary/aromatic N) is 4. The molecule has 1 N–H and O–H groups in total. The van der Waals surface area contributed by atoms with E-state index in [9.17, 15) is 14.3 Å². The zero-order valence-electron chi connectivity index (χ0n) is 20.1. The van der Waals surface area contributed by atoms with Crippen LogP contribution in [-0.4, -0.2) is 72.1 Å². The predicted molar refractivity (Wildman–Crippen MR) is 124 cm³/mol. The highest BCUT2D eigenvalue weighted by molar-refractivity contribution is 5.79. The number of aliphatic hydroxyl groups excluding tert-OH is 1. The molecule has 2 aliphatic heterocycles. The number of benzene rings is 1. The monoisotopic (exact) mass is 488 g/mol. The first-order valence-electron chi connectivity index (χ1n) is 12.4. The number of β-amino-alcohol motifs (C(OH)–C–C–N with tert-alkyl or cyclic N) is 1. The van der Waals surface area contributed by atoms with E-state index in [1.807, 2.05) is 6.07 Å². The molecule has 1 aromatic carbocycles. The number of carbonyl (C=O) groups is 1. The molecule has 2 atom stereocenters. The fourth-order valence-electron chi connectivity index (χ4n) is 5.21. The average Bonchev–Trinajstić information content (AvgIpc) is 3.45. The van der Waals surface area contributed by atoms with Crippen LogP contribution in [0.2, 0.25) is 0 Å². The summed E-state index contributed by atoms with van der Waals surface area (Å²) in [5, 5.41) is 13.3. The molecule has 1 saturated carbocycles. The summed E-state index contributed by atoms with van der Waals surface area (Å²) in [6.45, 7) is 3.90. The van der Waals surface area contributed by atoms with Crippen LogP contribution in [0.4, 0.5) is 10.4 Å². The van der Waals surface area contributed by atoms with E-state index in [1.54, 1.807) is 18.1 Å². The molecule has 1 aliphatic carbocycles. The highest BCUT2D eigenvalue weighted by Gasteiger charge is 2.43. The first kappa shape index (κ1) is 24.1. The van der Waals surface area contributed by atoms with Gasteiger partial charge in [0.1, 0.15) is 12.4 Å². The van der Waals surface area contributed by atoms with E-state index in [-0.39, 0.29) is 18.1 Å². The van der Waals surface area contributed by atoms with Gasteiger partial charge in [-0.3, -0.25) is 4.79 Å². The minimum atomic E-state index is -0.450. The van der Waals surface area contributed by atoms with Gasteiger partial charge in [0.2, 0.25) is 5.91 Å². The molecule has 35 heavy (non-hydrogen) atoms. The van der Waals surface area contributed by atoms with Gasteiger partial charge in [-0.2, -0.15) is 4.98 Å². The largest absolute Gasteiger partial charge is 0.389 e. The Kier molecular flexibility index (Phi) is 7.31. The van der Waals surface area contributed by atoms with Crippen molar-refractivity contribution in [1.29, 1.82) is 0 Å². The third-order valence-electron chi connectivity index (χ3n) is 7.40. The van der Waals surface area contributed by atoms with Gasteiger partial charge < -0.3 is 28.9 Å². The van der Waals surface area contributed by atoms with Crippen molar-refractivity contribution >= 4 is 11.9 Å². The number of piperidine rings is 1. The average molecular weight is 489 g/mol. The molecule has 3 aliphatic rings. The van der Waals surface area contributed by atoms with Crippen LogP contribution in [0.25, 0.3) is 0 Å². The fourth-order valence-corrected chi connectivity index (χ4v) is 5.21. The number of ether oxygens (including phenoxy) is 2. The summed E-state index contributed by atoms with van der Waals surface area (Å²) in [4.78, 5) is 20.2. The van der Waals surface area contributed by atoms with Crippen molar-refractivity contribution in [3.8, 4) is 0 Å². The van der Waals surface area contributed by atoms with Crippen LogP contribution in [0.5, 0.6) is 0 Å². The van der Waals surface area contributed by atoms with Crippen LogP contribution >= 0.6 is 0 Å². The van der Waals surface area contributed by atoms with Gasteiger partial charge in [0.15, 0.2) is 5.82 Å². The number of hydrogen-bond acceptors (Lipinski definition) is 8. The molecule has 5 rings (SSSR count). The Labute approximate surface area is 204 Å². The number of likely N-dealkylation sites (tertiary alicyclic amines) is 1. The lowest BCUT2D eigenvalue weighted by molar-refractivity contribution is -0.140. The number of aliphatic hydroxyl groups is 1. The molecule has 2 aromatic rings. The van der Waals surface area contributed by atoms with E-state index in [2.05, 4.69) is 15.0 Å². The minimum absolute atomic E-state index is 0.0169. The van der Waals surface area contributed by atoms with Crippen molar-refractivity contribution in [3.63, 3.8) is 0 Å². The number of anilines is 1. The second-order valence-corrected chi connectivity index (χ2v) is 9.98. The molecule has 1 amide bonds. The number of aromatic nitrogens is 2. The van der Waals surface area contributed by atoms with Crippen molar-refractivity contribution in [2.45, 2.75) is 45.0 Å². The SMILES string of the molecule is COCc1noc(N2CCC([C@H]3C[C@H]3COCc3ccc(CC(=O)N4CC(O)C4)c(F)c3)CC2)n1. The van der Waals surface area contributed by atoms with Crippen molar-refractivity contribution in [3.05, 3.63) is 41.0 Å². The number of rotatable bonds is 10. The zero-order valence-corrected chi connectivity index (χ0v) is 20.1. The van der Waals surface area contributed by atoms with E-state index in [4.69, 9.17) is 14.0 Å². The van der Waals surface area contributed by atoms with Crippen LogP contribution in [0.15, 0.2) is 22.7 Å². The number of methoxy groups -OCH3 is 1. The summed E-state index contributed by atoms with van der Waals surface area (Å²) in [5.74, 6) is 1.97. The van der Waals surface area contributed by atoms with Crippen molar-refractivity contribution < 1.29 is 28.3 Å². The van der Waals surface area contributed by atoms with E-state index in [0.29, 0.717) is 68.1 Å². The van der Waals surface area contributed by atoms with Gasteiger partial charge in [-0.05, 0) is 54.2 Å². The summed E-state index contributed by atoms with van der Waals surface area (Å²) in [7, 11) is 1.61.